The quantitative estimate of drug-likeness (QED) is 0.392. The van der Waals surface area contributed by atoms with Crippen LogP contribution in [0.25, 0.3) is 5.00 Å². The third-order valence-corrected chi connectivity index (χ3v) is 5.69. The Bertz CT molecular complexity index is 1120. The van der Waals surface area contributed by atoms with E-state index < -0.39 is 4.92 Å². The minimum Gasteiger partial charge on any atom is -0.308 e. The molecule has 3 heterocycles. The molecule has 9 heteroatoms. The van der Waals surface area contributed by atoms with Crippen molar-refractivity contribution in [1.29, 1.82) is 5.26 Å². The maximum absolute atomic E-state index is 10.7. The fraction of sp³-hybridized carbons (Fsp3) is 0.211. The molecule has 0 amide bonds. The molecule has 0 fully saturated rings. The van der Waals surface area contributed by atoms with Gasteiger partial charge in [-0.1, -0.05) is 0 Å². The number of anilines is 1. The zero-order valence-corrected chi connectivity index (χ0v) is 16.7. The fourth-order valence-corrected chi connectivity index (χ4v) is 4.08. The zero-order valence-electron chi connectivity index (χ0n) is 15.8. The molecule has 8 nitrogen and oxygen atoms in total. The molecular formula is C19H18N6O2S. The fourth-order valence-electron chi connectivity index (χ4n) is 2.86. The first-order chi connectivity index (χ1) is 13.3. The number of aromatic nitrogens is 2. The van der Waals surface area contributed by atoms with Crippen molar-refractivity contribution in [3.05, 3.63) is 67.5 Å². The van der Waals surface area contributed by atoms with Crippen molar-refractivity contribution >= 4 is 29.1 Å². The van der Waals surface area contributed by atoms with Crippen molar-refractivity contribution in [3.63, 3.8) is 0 Å². The van der Waals surface area contributed by atoms with Gasteiger partial charge in [-0.25, -0.2) is 4.98 Å². The van der Waals surface area contributed by atoms with Gasteiger partial charge in [-0.3, -0.25) is 15.5 Å². The van der Waals surface area contributed by atoms with Crippen molar-refractivity contribution in [3.8, 4) is 11.1 Å². The molecule has 142 valence electrons. The number of nitriles is 1. The number of aryl methyl sites for hydroxylation is 2. The van der Waals surface area contributed by atoms with E-state index in [-0.39, 0.29) is 5.69 Å². The number of nitrogens with zero attached hydrogens (tertiary/aromatic N) is 5. The number of hydrazone groups is 1. The molecule has 1 N–H and O–H groups in total. The second-order valence-corrected chi connectivity index (χ2v) is 7.47. The van der Waals surface area contributed by atoms with Gasteiger partial charge in [-0.05, 0) is 45.4 Å². The average Bonchev–Trinajstić information content (AvgIpc) is 3.10. The molecule has 0 spiro atoms. The van der Waals surface area contributed by atoms with Crippen molar-refractivity contribution in [1.82, 2.24) is 9.55 Å². The van der Waals surface area contributed by atoms with Gasteiger partial charge in [0.05, 0.1) is 16.7 Å². The lowest BCUT2D eigenvalue weighted by molar-refractivity contribution is -0.385. The van der Waals surface area contributed by atoms with Crippen molar-refractivity contribution in [2.24, 2.45) is 5.10 Å². The Morgan fingerprint density at radius 3 is 2.71 bits per heavy atom. The summed E-state index contributed by atoms with van der Waals surface area (Å²) in [5.74, 6) is 0.409. The van der Waals surface area contributed by atoms with Gasteiger partial charge in [-0.2, -0.15) is 10.4 Å². The predicted octanol–water partition coefficient (Wildman–Crippen LogP) is 4.39. The second-order valence-electron chi connectivity index (χ2n) is 6.27. The van der Waals surface area contributed by atoms with Gasteiger partial charge >= 0.3 is 0 Å². The minimum absolute atomic E-state index is 0.0760. The number of thiophene rings is 1. The van der Waals surface area contributed by atoms with Crippen LogP contribution in [0, 0.1) is 49.1 Å². The summed E-state index contributed by atoms with van der Waals surface area (Å²) in [4.78, 5) is 15.2. The van der Waals surface area contributed by atoms with Gasteiger partial charge in [0.25, 0.3) is 5.69 Å². The number of rotatable bonds is 5. The predicted molar refractivity (Wildman–Crippen MR) is 109 cm³/mol. The molecular weight excluding hydrogens is 376 g/mol. The normalized spacial score (nSPS) is 11.0. The Kier molecular flexibility index (Phi) is 5.24. The molecule has 0 atom stereocenters. The van der Waals surface area contributed by atoms with Crippen LogP contribution in [0.3, 0.4) is 0 Å². The molecule has 0 unspecified atom stereocenters. The van der Waals surface area contributed by atoms with E-state index in [4.69, 9.17) is 0 Å². The van der Waals surface area contributed by atoms with Crippen LogP contribution >= 0.6 is 11.3 Å². The van der Waals surface area contributed by atoms with Crippen molar-refractivity contribution in [2.75, 3.05) is 5.43 Å². The van der Waals surface area contributed by atoms with Gasteiger partial charge in [0, 0.05) is 27.9 Å². The summed E-state index contributed by atoms with van der Waals surface area (Å²) in [6.07, 6.45) is 2.84. The minimum atomic E-state index is -0.502. The first-order valence-electron chi connectivity index (χ1n) is 8.42. The van der Waals surface area contributed by atoms with Gasteiger partial charge in [-0.15, -0.1) is 11.3 Å². The monoisotopic (exact) mass is 394 g/mol. The Morgan fingerprint density at radius 2 is 2.11 bits per heavy atom. The van der Waals surface area contributed by atoms with Gasteiger partial charge in [0.2, 0.25) is 0 Å². The number of pyridine rings is 1. The standard InChI is InChI=1S/C19H18N6O2S/c1-11-7-15(9-22-23-18-6-5-16(10-21-18)25(26)27)13(3)24(11)19-17(8-20)12(2)14(4)28-19/h5-7,9-10H,1-4H3,(H,21,23). The van der Waals surface area contributed by atoms with Crippen LogP contribution in [-0.2, 0) is 0 Å². The molecule has 0 bridgehead atoms. The lowest BCUT2D eigenvalue weighted by atomic mass is 10.2. The summed E-state index contributed by atoms with van der Waals surface area (Å²) < 4.78 is 2.06. The summed E-state index contributed by atoms with van der Waals surface area (Å²) in [5, 5.41) is 25.3. The van der Waals surface area contributed by atoms with E-state index >= 15 is 0 Å². The van der Waals surface area contributed by atoms with E-state index in [0.29, 0.717) is 11.4 Å². The van der Waals surface area contributed by atoms with Gasteiger partial charge in [0.15, 0.2) is 0 Å². The smallest absolute Gasteiger partial charge is 0.287 e. The van der Waals surface area contributed by atoms with Gasteiger partial charge < -0.3 is 4.57 Å². The highest BCUT2D eigenvalue weighted by Crippen LogP contribution is 2.33. The molecule has 28 heavy (non-hydrogen) atoms. The van der Waals surface area contributed by atoms with E-state index in [1.807, 2.05) is 33.8 Å². The molecule has 0 saturated heterocycles. The van der Waals surface area contributed by atoms with E-state index in [1.54, 1.807) is 17.6 Å². The number of nitrogens with one attached hydrogen (secondary N) is 1. The largest absolute Gasteiger partial charge is 0.308 e. The number of hydrogen-bond donors (Lipinski definition) is 1. The summed E-state index contributed by atoms with van der Waals surface area (Å²) in [6.45, 7) is 7.94. The van der Waals surface area contributed by atoms with Crippen LogP contribution in [0.15, 0.2) is 29.5 Å². The molecule has 3 aromatic rings. The molecule has 0 aromatic carbocycles. The summed E-state index contributed by atoms with van der Waals surface area (Å²) >= 11 is 1.60. The van der Waals surface area contributed by atoms with Crippen LogP contribution in [0.1, 0.15) is 33.0 Å². The van der Waals surface area contributed by atoms with Crippen LogP contribution in [-0.4, -0.2) is 20.7 Å². The third-order valence-electron chi connectivity index (χ3n) is 4.49. The lowest BCUT2D eigenvalue weighted by Crippen LogP contribution is -2.00. The van der Waals surface area contributed by atoms with Crippen LogP contribution < -0.4 is 5.43 Å². The highest BCUT2D eigenvalue weighted by molar-refractivity contribution is 7.14. The van der Waals surface area contributed by atoms with Crippen LogP contribution in [0.4, 0.5) is 11.5 Å². The van der Waals surface area contributed by atoms with E-state index in [2.05, 4.69) is 26.1 Å². The van der Waals surface area contributed by atoms with E-state index in [9.17, 15) is 15.4 Å². The first-order valence-corrected chi connectivity index (χ1v) is 9.24. The first kappa shape index (κ1) is 19.3. The molecule has 0 aliphatic rings. The maximum atomic E-state index is 10.7. The molecule has 3 aromatic heterocycles. The molecule has 0 aliphatic carbocycles. The summed E-state index contributed by atoms with van der Waals surface area (Å²) in [5.41, 5.74) is 7.27. The van der Waals surface area contributed by atoms with Gasteiger partial charge in [0.1, 0.15) is 23.1 Å². The van der Waals surface area contributed by atoms with Crippen LogP contribution in [0.2, 0.25) is 0 Å². The summed E-state index contributed by atoms with van der Waals surface area (Å²) in [7, 11) is 0. The highest BCUT2D eigenvalue weighted by atomic mass is 32.1. The number of nitro groups is 1. The Balaban J connectivity index is 1.86. The van der Waals surface area contributed by atoms with E-state index in [1.165, 1.54) is 18.3 Å². The van der Waals surface area contributed by atoms with E-state index in [0.717, 1.165) is 32.4 Å². The SMILES string of the molecule is Cc1sc(-n2c(C)cc(C=NNc3ccc([N+](=O)[O-])cn3)c2C)c(C#N)c1C. The molecule has 0 radical (unpaired) electrons. The molecule has 0 aliphatic heterocycles. The Hall–Kier alpha value is -3.51. The summed E-state index contributed by atoms with van der Waals surface area (Å²) in [6, 6.07) is 7.16. The number of hydrogen-bond acceptors (Lipinski definition) is 7. The third kappa shape index (κ3) is 3.50. The molecule has 3 rings (SSSR count). The highest BCUT2D eigenvalue weighted by Gasteiger charge is 2.18. The second kappa shape index (κ2) is 7.62. The topological polar surface area (TPSA) is 109 Å². The zero-order chi connectivity index (χ0) is 20.4. The van der Waals surface area contributed by atoms with Crippen LogP contribution in [0.5, 0.6) is 0 Å². The van der Waals surface area contributed by atoms with Crippen molar-refractivity contribution in [2.45, 2.75) is 27.7 Å². The Labute approximate surface area is 165 Å². The lowest BCUT2D eigenvalue weighted by Gasteiger charge is -2.07. The molecule has 0 saturated carbocycles. The Morgan fingerprint density at radius 1 is 1.36 bits per heavy atom. The average molecular weight is 394 g/mol. The maximum Gasteiger partial charge on any atom is 0.287 e. The van der Waals surface area contributed by atoms with Crippen molar-refractivity contribution < 1.29 is 4.92 Å².